The molecule has 2 aliphatic rings. The second kappa shape index (κ2) is 9.30. The maximum absolute atomic E-state index is 12.8. The lowest BCUT2D eigenvalue weighted by molar-refractivity contribution is 0.215. The van der Waals surface area contributed by atoms with Crippen molar-refractivity contribution < 1.29 is 9.53 Å². The summed E-state index contributed by atoms with van der Waals surface area (Å²) in [7, 11) is 0. The van der Waals surface area contributed by atoms with E-state index in [9.17, 15) is 4.79 Å². The van der Waals surface area contributed by atoms with Crippen molar-refractivity contribution in [2.24, 2.45) is 0 Å². The first-order valence-electron chi connectivity index (χ1n) is 12.3. The van der Waals surface area contributed by atoms with Crippen molar-refractivity contribution in [2.75, 3.05) is 23.3 Å². The molecule has 4 aromatic rings. The van der Waals surface area contributed by atoms with Crippen LogP contribution in [0.2, 0.25) is 0 Å². The highest BCUT2D eigenvalue weighted by Gasteiger charge is 2.35. The zero-order chi connectivity index (χ0) is 23.6. The number of ether oxygens (including phenoxy) is 1. The van der Waals surface area contributed by atoms with Crippen molar-refractivity contribution in [3.63, 3.8) is 0 Å². The van der Waals surface area contributed by atoms with E-state index in [0.29, 0.717) is 17.6 Å². The monoisotopic (exact) mass is 460 g/mol. The molecule has 0 aromatic heterocycles. The van der Waals surface area contributed by atoms with Crippen molar-refractivity contribution in [2.45, 2.75) is 24.7 Å². The number of anilines is 2. The maximum Gasteiger partial charge on any atom is 0.417 e. The minimum Gasteiger partial charge on any atom is -0.410 e. The number of carbonyl (C=O) groups excluding carboxylic acids is 1. The van der Waals surface area contributed by atoms with Crippen LogP contribution in [-0.4, -0.2) is 19.2 Å². The van der Waals surface area contributed by atoms with Gasteiger partial charge >= 0.3 is 6.09 Å². The maximum atomic E-state index is 12.8. The van der Waals surface area contributed by atoms with Gasteiger partial charge in [0, 0.05) is 36.3 Å². The summed E-state index contributed by atoms with van der Waals surface area (Å²) in [5.41, 5.74) is 7.34. The summed E-state index contributed by atoms with van der Waals surface area (Å²) in [5.74, 6) is 1.12. The van der Waals surface area contributed by atoms with E-state index in [-0.39, 0.29) is 0 Å². The molecule has 2 atom stereocenters. The van der Waals surface area contributed by atoms with Gasteiger partial charge in [-0.2, -0.15) is 0 Å². The molecule has 0 spiro atoms. The van der Waals surface area contributed by atoms with Gasteiger partial charge in [0.25, 0.3) is 0 Å². The molecule has 174 valence electrons. The van der Waals surface area contributed by atoms with E-state index >= 15 is 0 Å². The molecule has 0 saturated carbocycles. The van der Waals surface area contributed by atoms with E-state index in [2.05, 4.69) is 83.0 Å². The van der Waals surface area contributed by atoms with Crippen molar-refractivity contribution in [3.05, 3.63) is 125 Å². The SMILES string of the molecule is O=C(Nc1cc2c3c(c1)C(c1ccccc1)CCN3CCC2c1ccccc1)Oc1ccccc1. The largest absolute Gasteiger partial charge is 0.417 e. The number of benzene rings is 4. The van der Waals surface area contributed by atoms with Crippen LogP contribution in [0.5, 0.6) is 5.75 Å². The Labute approximate surface area is 206 Å². The summed E-state index contributed by atoms with van der Waals surface area (Å²) < 4.78 is 5.53. The van der Waals surface area contributed by atoms with E-state index in [0.717, 1.165) is 31.6 Å². The summed E-state index contributed by atoms with van der Waals surface area (Å²) in [4.78, 5) is 15.3. The van der Waals surface area contributed by atoms with Gasteiger partial charge in [0.05, 0.1) is 0 Å². The molecule has 4 aromatic carbocycles. The minimum absolute atomic E-state index is 0.294. The smallest absolute Gasteiger partial charge is 0.410 e. The predicted molar refractivity (Wildman–Crippen MR) is 141 cm³/mol. The first-order valence-corrected chi connectivity index (χ1v) is 12.3. The summed E-state index contributed by atoms with van der Waals surface area (Å²) in [6, 6.07) is 34.9. The number of hydrogen-bond acceptors (Lipinski definition) is 3. The fraction of sp³-hybridized carbons (Fsp3) is 0.194. The first kappa shape index (κ1) is 21.5. The number of amides is 1. The zero-order valence-electron chi connectivity index (χ0n) is 19.6. The number of nitrogens with zero attached hydrogens (tertiary/aromatic N) is 1. The molecule has 0 bridgehead atoms. The molecule has 4 heteroatoms. The lowest BCUT2D eigenvalue weighted by Gasteiger charge is -2.43. The second-order valence-corrected chi connectivity index (χ2v) is 9.32. The normalized spacial score (nSPS) is 18.5. The third kappa shape index (κ3) is 4.28. The van der Waals surface area contributed by atoms with E-state index in [1.807, 2.05) is 18.2 Å². The van der Waals surface area contributed by atoms with Crippen LogP contribution < -0.4 is 15.0 Å². The van der Waals surface area contributed by atoms with Crippen molar-refractivity contribution in [1.29, 1.82) is 0 Å². The fourth-order valence-electron chi connectivity index (χ4n) is 5.67. The van der Waals surface area contributed by atoms with Crippen LogP contribution in [0.25, 0.3) is 0 Å². The second-order valence-electron chi connectivity index (χ2n) is 9.32. The molecule has 6 rings (SSSR count). The fourth-order valence-corrected chi connectivity index (χ4v) is 5.67. The standard InChI is InChI=1S/C31H28N2O2/c34-31(35-25-14-8-3-9-15-25)32-24-20-28-26(22-10-4-1-5-11-22)16-18-33-19-17-27(29(21-24)30(28)33)23-12-6-2-7-13-23/h1-15,20-21,26-27H,16-19H2,(H,32,34). The Morgan fingerprint density at radius 1 is 0.714 bits per heavy atom. The predicted octanol–water partition coefficient (Wildman–Crippen LogP) is 7.18. The Morgan fingerprint density at radius 3 is 1.71 bits per heavy atom. The van der Waals surface area contributed by atoms with Crippen LogP contribution in [-0.2, 0) is 0 Å². The Kier molecular flexibility index (Phi) is 5.71. The van der Waals surface area contributed by atoms with Crippen LogP contribution in [0.3, 0.4) is 0 Å². The van der Waals surface area contributed by atoms with E-state index in [1.54, 1.807) is 12.1 Å². The number of nitrogens with one attached hydrogen (secondary N) is 1. The van der Waals surface area contributed by atoms with Crippen LogP contribution in [0.4, 0.5) is 16.2 Å². The number of rotatable bonds is 4. The highest BCUT2D eigenvalue weighted by atomic mass is 16.6. The van der Waals surface area contributed by atoms with E-state index < -0.39 is 6.09 Å². The lowest BCUT2D eigenvalue weighted by atomic mass is 9.76. The molecule has 2 aliphatic heterocycles. The lowest BCUT2D eigenvalue weighted by Crippen LogP contribution is -2.37. The van der Waals surface area contributed by atoms with Gasteiger partial charge in [-0.15, -0.1) is 0 Å². The van der Waals surface area contributed by atoms with Gasteiger partial charge in [-0.05, 0) is 59.4 Å². The summed E-state index contributed by atoms with van der Waals surface area (Å²) >= 11 is 0. The van der Waals surface area contributed by atoms with Gasteiger partial charge in [0.15, 0.2) is 0 Å². The van der Waals surface area contributed by atoms with Crippen LogP contribution >= 0.6 is 0 Å². The first-order chi connectivity index (χ1) is 17.3. The molecule has 4 nitrogen and oxygen atoms in total. The van der Waals surface area contributed by atoms with Gasteiger partial charge in [0.2, 0.25) is 0 Å². The molecule has 1 amide bonds. The van der Waals surface area contributed by atoms with Gasteiger partial charge in [-0.3, -0.25) is 5.32 Å². The topological polar surface area (TPSA) is 41.6 Å². The highest BCUT2D eigenvalue weighted by Crippen LogP contribution is 2.49. The minimum atomic E-state index is -0.473. The molecule has 0 radical (unpaired) electrons. The van der Waals surface area contributed by atoms with Gasteiger partial charge in [-0.1, -0.05) is 78.9 Å². The van der Waals surface area contributed by atoms with Gasteiger partial charge in [0.1, 0.15) is 5.75 Å². The van der Waals surface area contributed by atoms with Crippen LogP contribution in [0.15, 0.2) is 103 Å². The average molecular weight is 461 g/mol. The summed E-state index contributed by atoms with van der Waals surface area (Å²) in [6.07, 6.45) is 1.65. The van der Waals surface area contributed by atoms with Crippen LogP contribution in [0, 0.1) is 0 Å². The van der Waals surface area contributed by atoms with Crippen molar-refractivity contribution in [3.8, 4) is 5.75 Å². The van der Waals surface area contributed by atoms with Gasteiger partial charge < -0.3 is 9.64 Å². The number of para-hydroxylation sites is 1. The Hall–Kier alpha value is -4.05. The van der Waals surface area contributed by atoms with Gasteiger partial charge in [-0.25, -0.2) is 4.79 Å². The zero-order valence-corrected chi connectivity index (χ0v) is 19.6. The molecule has 2 heterocycles. The van der Waals surface area contributed by atoms with E-state index in [1.165, 1.54) is 27.9 Å². The molecule has 0 aliphatic carbocycles. The van der Waals surface area contributed by atoms with Crippen molar-refractivity contribution >= 4 is 17.5 Å². The van der Waals surface area contributed by atoms with E-state index in [4.69, 9.17) is 4.74 Å². The Bertz CT molecular complexity index is 1250. The quantitative estimate of drug-likeness (QED) is 0.351. The highest BCUT2D eigenvalue weighted by molar-refractivity contribution is 5.88. The molecular formula is C31H28N2O2. The molecule has 35 heavy (non-hydrogen) atoms. The molecule has 0 fully saturated rings. The number of hydrogen-bond donors (Lipinski definition) is 1. The molecule has 1 N–H and O–H groups in total. The Morgan fingerprint density at radius 2 is 1.20 bits per heavy atom. The number of carbonyl (C=O) groups is 1. The summed E-state index contributed by atoms with van der Waals surface area (Å²) in [6.45, 7) is 2.09. The molecular weight excluding hydrogens is 432 g/mol. The third-order valence-electron chi connectivity index (χ3n) is 7.22. The third-order valence-corrected chi connectivity index (χ3v) is 7.22. The van der Waals surface area contributed by atoms with Crippen molar-refractivity contribution in [1.82, 2.24) is 0 Å². The van der Waals surface area contributed by atoms with Crippen LogP contribution in [0.1, 0.15) is 46.9 Å². The Balaban J connectivity index is 1.43. The molecule has 0 saturated heterocycles. The average Bonchev–Trinajstić information content (AvgIpc) is 2.90. The summed E-state index contributed by atoms with van der Waals surface area (Å²) in [5, 5.41) is 3.02. The molecule has 2 unspecified atom stereocenters.